The minimum absolute atomic E-state index is 0.216. The van der Waals surface area contributed by atoms with Crippen molar-refractivity contribution in [3.05, 3.63) is 90.0 Å². The summed E-state index contributed by atoms with van der Waals surface area (Å²) < 4.78 is 11.0. The van der Waals surface area contributed by atoms with E-state index in [0.717, 1.165) is 49.8 Å². The van der Waals surface area contributed by atoms with Crippen LogP contribution in [0.15, 0.2) is 93.6 Å². The van der Waals surface area contributed by atoms with Crippen LogP contribution in [0.5, 0.6) is 0 Å². The highest BCUT2D eigenvalue weighted by Gasteiger charge is 2.25. The quantitative estimate of drug-likeness (QED) is 0.331. The highest BCUT2D eigenvalue weighted by atomic mass is 32.2. The summed E-state index contributed by atoms with van der Waals surface area (Å²) in [6.07, 6.45) is 0.468. The Labute approximate surface area is 228 Å². The second-order valence-electron chi connectivity index (χ2n) is 9.41. The van der Waals surface area contributed by atoms with E-state index >= 15 is 0 Å². The molecule has 0 saturated carbocycles. The second-order valence-corrected chi connectivity index (χ2v) is 10.5. The molecule has 0 unspecified atom stereocenters. The summed E-state index contributed by atoms with van der Waals surface area (Å²) in [6, 6.07) is 25.9. The lowest BCUT2D eigenvalue weighted by Crippen LogP contribution is -2.49. The zero-order valence-electron chi connectivity index (χ0n) is 21.5. The van der Waals surface area contributed by atoms with Crippen molar-refractivity contribution < 1.29 is 14.3 Å². The second kappa shape index (κ2) is 13.1. The fourth-order valence-electron chi connectivity index (χ4n) is 4.65. The minimum Gasteiger partial charge on any atom is -0.462 e. The van der Waals surface area contributed by atoms with Crippen LogP contribution in [0, 0.1) is 0 Å². The first-order chi connectivity index (χ1) is 18.7. The van der Waals surface area contributed by atoms with Crippen molar-refractivity contribution in [1.82, 2.24) is 9.80 Å². The van der Waals surface area contributed by atoms with Gasteiger partial charge in [0, 0.05) is 48.1 Å². The average Bonchev–Trinajstić information content (AvgIpc) is 3.12. The number of hydrogen-bond donors (Lipinski definition) is 1. The Morgan fingerprint density at radius 3 is 2.39 bits per heavy atom. The number of nitrogens with two attached hydrogens (primary N) is 1. The molecule has 0 radical (unpaired) electrons. The van der Waals surface area contributed by atoms with E-state index < -0.39 is 12.0 Å². The smallest absolute Gasteiger partial charge is 0.323 e. The van der Waals surface area contributed by atoms with Crippen LogP contribution in [0.1, 0.15) is 11.1 Å². The van der Waals surface area contributed by atoms with Gasteiger partial charge in [-0.2, -0.15) is 0 Å². The van der Waals surface area contributed by atoms with Gasteiger partial charge in [-0.25, -0.2) is 4.99 Å². The fraction of sp³-hybridized carbons (Fsp3) is 0.333. The number of para-hydroxylation sites is 1. The van der Waals surface area contributed by atoms with E-state index in [-0.39, 0.29) is 6.61 Å². The Morgan fingerprint density at radius 2 is 1.58 bits per heavy atom. The molecule has 1 saturated heterocycles. The Kier molecular flexibility index (Phi) is 9.09. The van der Waals surface area contributed by atoms with E-state index in [4.69, 9.17) is 20.2 Å². The molecule has 2 heterocycles. The molecule has 7 nitrogen and oxygen atoms in total. The maximum Gasteiger partial charge on any atom is 0.323 e. The van der Waals surface area contributed by atoms with E-state index in [2.05, 4.69) is 58.3 Å². The summed E-state index contributed by atoms with van der Waals surface area (Å²) in [6.45, 7) is 5.75. The lowest BCUT2D eigenvalue weighted by Gasteiger charge is -2.36. The van der Waals surface area contributed by atoms with Crippen LogP contribution in [0.4, 0.5) is 5.69 Å². The van der Waals surface area contributed by atoms with Crippen molar-refractivity contribution in [3.8, 4) is 0 Å². The number of hydrogen-bond acceptors (Lipinski definition) is 8. The number of rotatable bonds is 9. The number of nitrogens with zero attached hydrogens (tertiary/aromatic N) is 3. The summed E-state index contributed by atoms with van der Waals surface area (Å²) in [4.78, 5) is 24.5. The van der Waals surface area contributed by atoms with Gasteiger partial charge in [0.05, 0.1) is 18.9 Å². The molecule has 1 fully saturated rings. The van der Waals surface area contributed by atoms with E-state index in [1.807, 2.05) is 30.3 Å². The van der Waals surface area contributed by atoms with Crippen molar-refractivity contribution in [2.75, 3.05) is 52.5 Å². The Morgan fingerprint density at radius 1 is 0.868 bits per heavy atom. The molecule has 8 heteroatoms. The Bertz CT molecular complexity index is 1250. The van der Waals surface area contributed by atoms with Crippen LogP contribution in [0.3, 0.4) is 0 Å². The van der Waals surface area contributed by atoms with Crippen LogP contribution in [-0.4, -0.2) is 80.2 Å². The van der Waals surface area contributed by atoms with Gasteiger partial charge in [0.15, 0.2) is 0 Å². The molecule has 0 aromatic heterocycles. The van der Waals surface area contributed by atoms with Gasteiger partial charge in [-0.3, -0.25) is 9.69 Å². The van der Waals surface area contributed by atoms with Gasteiger partial charge in [0.25, 0.3) is 0 Å². The number of ether oxygens (including phenoxy) is 2. The highest BCUT2D eigenvalue weighted by Crippen LogP contribution is 2.40. The van der Waals surface area contributed by atoms with Crippen molar-refractivity contribution in [3.63, 3.8) is 0 Å². The monoisotopic (exact) mass is 530 g/mol. The van der Waals surface area contributed by atoms with Crippen molar-refractivity contribution in [1.29, 1.82) is 0 Å². The van der Waals surface area contributed by atoms with E-state index in [1.54, 1.807) is 11.8 Å². The van der Waals surface area contributed by atoms with Gasteiger partial charge >= 0.3 is 5.97 Å². The predicted molar refractivity (Wildman–Crippen MR) is 151 cm³/mol. The van der Waals surface area contributed by atoms with Gasteiger partial charge in [-0.15, -0.1) is 0 Å². The van der Waals surface area contributed by atoms with Crippen LogP contribution in [-0.2, 0) is 20.7 Å². The molecule has 0 aliphatic carbocycles. The van der Waals surface area contributed by atoms with Crippen LogP contribution >= 0.6 is 11.8 Å². The third-order valence-electron chi connectivity index (χ3n) is 6.74. The molecule has 2 aliphatic heterocycles. The molecule has 2 aliphatic rings. The molecule has 3 aromatic carbocycles. The highest BCUT2D eigenvalue weighted by molar-refractivity contribution is 7.99. The van der Waals surface area contributed by atoms with Crippen molar-refractivity contribution in [2.24, 2.45) is 10.7 Å². The topological polar surface area (TPSA) is 80.4 Å². The zero-order chi connectivity index (χ0) is 26.2. The summed E-state index contributed by atoms with van der Waals surface area (Å²) >= 11 is 1.79. The Hall–Kier alpha value is -3.17. The third-order valence-corrected chi connectivity index (χ3v) is 7.88. The number of carbonyl (C=O) groups excluding carboxylic acids is 1. The first-order valence-electron chi connectivity index (χ1n) is 13.1. The summed E-state index contributed by atoms with van der Waals surface area (Å²) in [5, 5.41) is 0. The first kappa shape index (κ1) is 26.4. The Balaban J connectivity index is 1.03. The molecule has 198 valence electrons. The third kappa shape index (κ3) is 6.82. The van der Waals surface area contributed by atoms with E-state index in [9.17, 15) is 4.79 Å². The molecule has 0 bridgehead atoms. The number of benzene rings is 3. The number of carbonyl (C=O) groups is 1. The molecule has 1 atom stereocenters. The lowest BCUT2D eigenvalue weighted by molar-refractivity contribution is -0.146. The normalized spacial score (nSPS) is 16.1. The van der Waals surface area contributed by atoms with E-state index in [0.29, 0.717) is 19.6 Å². The maximum absolute atomic E-state index is 12.1. The van der Waals surface area contributed by atoms with Crippen molar-refractivity contribution >= 4 is 29.3 Å². The SMILES string of the molecule is N[C@@H](Cc1ccccc1)C(=O)OCCOCCN1CCN(C2=Nc3ccccc3Sc3ccccc32)CC1. The van der Waals surface area contributed by atoms with Crippen molar-refractivity contribution in [2.45, 2.75) is 22.3 Å². The summed E-state index contributed by atoms with van der Waals surface area (Å²) in [5.41, 5.74) is 9.22. The molecule has 2 N–H and O–H groups in total. The standard InChI is InChI=1S/C30H34N4O3S/c31-25(22-23-8-2-1-3-9-23)30(35)37-21-20-36-19-18-33-14-16-34(17-15-33)29-24-10-4-6-12-27(24)38-28-13-7-5-11-26(28)32-29/h1-13,25H,14-22,31H2/t25-/m0/s1. The number of amidine groups is 1. The average molecular weight is 531 g/mol. The maximum atomic E-state index is 12.1. The molecule has 38 heavy (non-hydrogen) atoms. The molecule has 0 spiro atoms. The number of esters is 1. The molecular weight excluding hydrogens is 496 g/mol. The summed E-state index contributed by atoms with van der Waals surface area (Å²) in [5.74, 6) is 0.666. The lowest BCUT2D eigenvalue weighted by atomic mass is 10.1. The fourth-order valence-corrected chi connectivity index (χ4v) is 5.67. The minimum atomic E-state index is -0.661. The zero-order valence-corrected chi connectivity index (χ0v) is 22.3. The van der Waals surface area contributed by atoms with Gasteiger partial charge in [-0.05, 0) is 30.2 Å². The van der Waals surface area contributed by atoms with Crippen LogP contribution in [0.25, 0.3) is 0 Å². The van der Waals surface area contributed by atoms with E-state index in [1.165, 1.54) is 15.4 Å². The first-order valence-corrected chi connectivity index (χ1v) is 14.0. The van der Waals surface area contributed by atoms with Gasteiger partial charge in [-0.1, -0.05) is 72.4 Å². The molecule has 0 amide bonds. The molecule has 3 aromatic rings. The number of piperazine rings is 1. The van der Waals surface area contributed by atoms with Gasteiger partial charge in [0.2, 0.25) is 0 Å². The summed E-state index contributed by atoms with van der Waals surface area (Å²) in [7, 11) is 0. The number of fused-ring (bicyclic) bond motifs is 2. The predicted octanol–water partition coefficient (Wildman–Crippen LogP) is 3.98. The van der Waals surface area contributed by atoms with Gasteiger partial charge < -0.3 is 20.1 Å². The molecular formula is C30H34N4O3S. The molecule has 5 rings (SSSR count). The number of aliphatic imine (C=N–C) groups is 1. The van der Waals surface area contributed by atoms with Crippen LogP contribution < -0.4 is 5.73 Å². The van der Waals surface area contributed by atoms with Gasteiger partial charge in [0.1, 0.15) is 18.5 Å². The largest absolute Gasteiger partial charge is 0.462 e. The van der Waals surface area contributed by atoms with Crippen LogP contribution in [0.2, 0.25) is 0 Å².